The molecular formula is C6H13N3O. The van der Waals surface area contributed by atoms with E-state index < -0.39 is 0 Å². The second kappa shape index (κ2) is 2.46. The van der Waals surface area contributed by atoms with Crippen molar-refractivity contribution in [3.63, 3.8) is 0 Å². The van der Waals surface area contributed by atoms with Crippen molar-refractivity contribution in [1.82, 2.24) is 0 Å². The molecule has 0 radical (unpaired) electrons. The average molecular weight is 143 g/mol. The maximum atomic E-state index is 8.87. The van der Waals surface area contributed by atoms with Crippen molar-refractivity contribution in [1.29, 1.82) is 0 Å². The SMILES string of the molecule is NC(N)=NC1(CO)CCC1. The van der Waals surface area contributed by atoms with E-state index in [9.17, 15) is 0 Å². The summed E-state index contributed by atoms with van der Waals surface area (Å²) >= 11 is 0. The smallest absolute Gasteiger partial charge is 0.186 e. The van der Waals surface area contributed by atoms with Crippen molar-refractivity contribution in [2.75, 3.05) is 6.61 Å². The normalized spacial score (nSPS) is 21.3. The van der Waals surface area contributed by atoms with Gasteiger partial charge in [0.25, 0.3) is 0 Å². The van der Waals surface area contributed by atoms with Gasteiger partial charge in [-0.25, -0.2) is 4.99 Å². The molecule has 0 aromatic rings. The molecule has 1 aliphatic carbocycles. The number of aliphatic imine (C=N–C) groups is 1. The Bertz CT molecular complexity index is 142. The fourth-order valence-corrected chi connectivity index (χ4v) is 1.16. The van der Waals surface area contributed by atoms with Crippen LogP contribution in [-0.4, -0.2) is 23.2 Å². The monoisotopic (exact) mass is 143 g/mol. The molecular weight excluding hydrogens is 130 g/mol. The zero-order chi connectivity index (χ0) is 7.61. The molecule has 0 atom stereocenters. The van der Waals surface area contributed by atoms with E-state index in [-0.39, 0.29) is 18.1 Å². The first-order valence-corrected chi connectivity index (χ1v) is 3.40. The number of guanidine groups is 1. The fourth-order valence-electron chi connectivity index (χ4n) is 1.16. The highest BCUT2D eigenvalue weighted by Gasteiger charge is 2.35. The van der Waals surface area contributed by atoms with Crippen LogP contribution < -0.4 is 11.5 Å². The van der Waals surface area contributed by atoms with E-state index in [0.717, 1.165) is 19.3 Å². The van der Waals surface area contributed by atoms with Crippen molar-refractivity contribution in [2.24, 2.45) is 16.5 Å². The van der Waals surface area contributed by atoms with Crippen LogP contribution in [0.4, 0.5) is 0 Å². The van der Waals surface area contributed by atoms with Crippen LogP contribution in [0.1, 0.15) is 19.3 Å². The van der Waals surface area contributed by atoms with Crippen molar-refractivity contribution >= 4 is 5.96 Å². The summed E-state index contributed by atoms with van der Waals surface area (Å²) in [5, 5.41) is 8.87. The lowest BCUT2D eigenvalue weighted by Crippen LogP contribution is -2.42. The van der Waals surface area contributed by atoms with Crippen LogP contribution in [0.2, 0.25) is 0 Å². The van der Waals surface area contributed by atoms with Crippen LogP contribution in [0.5, 0.6) is 0 Å². The average Bonchev–Trinajstić information content (AvgIpc) is 1.78. The van der Waals surface area contributed by atoms with Gasteiger partial charge in [0, 0.05) is 0 Å². The molecule has 58 valence electrons. The lowest BCUT2D eigenvalue weighted by Gasteiger charge is -2.36. The molecule has 0 unspecified atom stereocenters. The summed E-state index contributed by atoms with van der Waals surface area (Å²) in [5.74, 6) is 0.0775. The molecule has 0 aliphatic heterocycles. The first kappa shape index (κ1) is 7.34. The van der Waals surface area contributed by atoms with Crippen molar-refractivity contribution in [2.45, 2.75) is 24.8 Å². The van der Waals surface area contributed by atoms with Gasteiger partial charge in [-0.2, -0.15) is 0 Å². The van der Waals surface area contributed by atoms with Crippen molar-refractivity contribution in [3.05, 3.63) is 0 Å². The van der Waals surface area contributed by atoms with Crippen LogP contribution >= 0.6 is 0 Å². The van der Waals surface area contributed by atoms with Crippen LogP contribution in [-0.2, 0) is 0 Å². The number of aliphatic hydroxyl groups excluding tert-OH is 1. The molecule has 1 aliphatic rings. The molecule has 1 rings (SSSR count). The van der Waals surface area contributed by atoms with Gasteiger partial charge in [0.15, 0.2) is 5.96 Å². The van der Waals surface area contributed by atoms with E-state index in [0.29, 0.717) is 0 Å². The van der Waals surface area contributed by atoms with Crippen molar-refractivity contribution in [3.8, 4) is 0 Å². The van der Waals surface area contributed by atoms with E-state index in [1.807, 2.05) is 0 Å². The molecule has 0 amide bonds. The number of hydrogen-bond acceptors (Lipinski definition) is 2. The largest absolute Gasteiger partial charge is 0.394 e. The molecule has 0 spiro atoms. The Balaban J connectivity index is 2.57. The Morgan fingerprint density at radius 2 is 2.10 bits per heavy atom. The maximum absolute atomic E-state index is 8.87. The number of nitrogens with two attached hydrogens (primary N) is 2. The topological polar surface area (TPSA) is 84.6 Å². The standard InChI is InChI=1S/C6H13N3O/c7-5(8)9-6(4-10)2-1-3-6/h10H,1-4H2,(H4,7,8,9). The van der Waals surface area contributed by atoms with Gasteiger partial charge in [-0.05, 0) is 19.3 Å². The quantitative estimate of drug-likeness (QED) is 0.348. The van der Waals surface area contributed by atoms with Crippen molar-refractivity contribution < 1.29 is 5.11 Å². The first-order chi connectivity index (χ1) is 4.68. The van der Waals surface area contributed by atoms with Gasteiger partial charge >= 0.3 is 0 Å². The minimum absolute atomic E-state index is 0.0604. The number of nitrogens with zero attached hydrogens (tertiary/aromatic N) is 1. The molecule has 1 saturated carbocycles. The highest BCUT2D eigenvalue weighted by atomic mass is 16.3. The van der Waals surface area contributed by atoms with E-state index in [4.69, 9.17) is 16.6 Å². The second-order valence-electron chi connectivity index (χ2n) is 2.77. The molecule has 4 heteroatoms. The van der Waals surface area contributed by atoms with Crippen LogP contribution in [0.3, 0.4) is 0 Å². The minimum atomic E-state index is -0.321. The van der Waals surface area contributed by atoms with E-state index in [2.05, 4.69) is 4.99 Å². The highest BCUT2D eigenvalue weighted by molar-refractivity contribution is 5.76. The summed E-state index contributed by atoms with van der Waals surface area (Å²) < 4.78 is 0. The molecule has 1 fully saturated rings. The number of rotatable bonds is 2. The predicted octanol–water partition coefficient (Wildman–Crippen LogP) is -0.825. The van der Waals surface area contributed by atoms with Gasteiger partial charge in [0.1, 0.15) is 0 Å². The van der Waals surface area contributed by atoms with E-state index >= 15 is 0 Å². The van der Waals surface area contributed by atoms with E-state index in [1.54, 1.807) is 0 Å². The molecule has 0 aromatic carbocycles. The Hall–Kier alpha value is -0.770. The summed E-state index contributed by atoms with van der Waals surface area (Å²) in [4.78, 5) is 3.95. The lowest BCUT2D eigenvalue weighted by atomic mass is 9.78. The highest BCUT2D eigenvalue weighted by Crippen LogP contribution is 2.34. The first-order valence-electron chi connectivity index (χ1n) is 3.40. The number of hydrogen-bond donors (Lipinski definition) is 3. The molecule has 4 nitrogen and oxygen atoms in total. The molecule has 0 aromatic heterocycles. The summed E-state index contributed by atoms with van der Waals surface area (Å²) in [5.41, 5.74) is 10.0. The Labute approximate surface area is 59.9 Å². The second-order valence-corrected chi connectivity index (χ2v) is 2.77. The van der Waals surface area contributed by atoms with Gasteiger partial charge in [-0.15, -0.1) is 0 Å². The van der Waals surface area contributed by atoms with Crippen LogP contribution in [0, 0.1) is 0 Å². The number of aliphatic hydroxyl groups is 1. The Morgan fingerprint density at radius 3 is 2.20 bits per heavy atom. The fraction of sp³-hybridized carbons (Fsp3) is 0.833. The van der Waals surface area contributed by atoms with Gasteiger partial charge in [0.05, 0.1) is 12.1 Å². The minimum Gasteiger partial charge on any atom is -0.394 e. The zero-order valence-electron chi connectivity index (χ0n) is 5.88. The Morgan fingerprint density at radius 1 is 1.50 bits per heavy atom. The van der Waals surface area contributed by atoms with Gasteiger partial charge in [0.2, 0.25) is 0 Å². The van der Waals surface area contributed by atoms with Gasteiger partial charge in [-0.3, -0.25) is 0 Å². The maximum Gasteiger partial charge on any atom is 0.186 e. The third kappa shape index (κ3) is 1.21. The Kier molecular flexibility index (Phi) is 1.80. The van der Waals surface area contributed by atoms with E-state index in [1.165, 1.54) is 0 Å². The van der Waals surface area contributed by atoms with Crippen LogP contribution in [0.25, 0.3) is 0 Å². The summed E-state index contributed by atoms with van der Waals surface area (Å²) in [7, 11) is 0. The summed E-state index contributed by atoms with van der Waals surface area (Å²) in [6.45, 7) is 0.0604. The molecule has 10 heavy (non-hydrogen) atoms. The molecule has 0 heterocycles. The van der Waals surface area contributed by atoms with Gasteiger partial charge < -0.3 is 16.6 Å². The lowest BCUT2D eigenvalue weighted by molar-refractivity contribution is 0.128. The molecule has 0 bridgehead atoms. The zero-order valence-corrected chi connectivity index (χ0v) is 5.88. The summed E-state index contributed by atoms with van der Waals surface area (Å²) in [6.07, 6.45) is 2.92. The molecule has 5 N–H and O–H groups in total. The third-order valence-corrected chi connectivity index (χ3v) is 1.94. The predicted molar refractivity (Wildman–Crippen MR) is 39.5 cm³/mol. The van der Waals surface area contributed by atoms with Gasteiger partial charge in [-0.1, -0.05) is 0 Å². The third-order valence-electron chi connectivity index (χ3n) is 1.94. The van der Waals surface area contributed by atoms with Crippen LogP contribution in [0.15, 0.2) is 4.99 Å². The summed E-state index contributed by atoms with van der Waals surface area (Å²) in [6, 6.07) is 0. The molecule has 0 saturated heterocycles.